The lowest BCUT2D eigenvalue weighted by molar-refractivity contribution is 0.756. The van der Waals surface area contributed by atoms with Gasteiger partial charge in [-0.25, -0.2) is 0 Å². The van der Waals surface area contributed by atoms with Crippen LogP contribution in [0.15, 0.2) is 30.3 Å². The molecule has 4 nitrogen and oxygen atoms in total. The molecule has 0 atom stereocenters. The SMILES string of the molecule is Cc1cc(-c2nc(=S)n(C)[nH]2)c2ccccc2n1. The molecule has 0 unspecified atom stereocenters. The van der Waals surface area contributed by atoms with Crippen molar-refractivity contribution in [3.8, 4) is 11.4 Å². The fraction of sp³-hybridized carbons (Fsp3) is 0.154. The van der Waals surface area contributed by atoms with Crippen LogP contribution in [-0.4, -0.2) is 19.7 Å². The summed E-state index contributed by atoms with van der Waals surface area (Å²) in [5, 5.41) is 4.23. The molecule has 0 aliphatic carbocycles. The van der Waals surface area contributed by atoms with Crippen LogP contribution in [0.3, 0.4) is 0 Å². The first-order valence-electron chi connectivity index (χ1n) is 5.65. The molecule has 3 aromatic rings. The second-order valence-electron chi connectivity index (χ2n) is 4.24. The molecule has 0 amide bonds. The molecule has 2 heterocycles. The monoisotopic (exact) mass is 256 g/mol. The Morgan fingerprint density at radius 3 is 2.72 bits per heavy atom. The molecule has 3 rings (SSSR count). The number of nitrogens with one attached hydrogen (secondary N) is 1. The van der Waals surface area contributed by atoms with Gasteiger partial charge in [0.1, 0.15) is 0 Å². The van der Waals surface area contributed by atoms with Crippen molar-refractivity contribution in [1.29, 1.82) is 0 Å². The van der Waals surface area contributed by atoms with Crippen LogP contribution >= 0.6 is 12.2 Å². The molecule has 5 heteroatoms. The molecule has 0 aliphatic rings. The lowest BCUT2D eigenvalue weighted by Crippen LogP contribution is -1.92. The zero-order valence-corrected chi connectivity index (χ0v) is 11.0. The van der Waals surface area contributed by atoms with Crippen molar-refractivity contribution in [2.45, 2.75) is 6.92 Å². The highest BCUT2D eigenvalue weighted by Gasteiger charge is 2.09. The van der Waals surface area contributed by atoms with E-state index in [1.165, 1.54) is 0 Å². The molecule has 0 saturated carbocycles. The number of nitrogens with zero attached hydrogens (tertiary/aromatic N) is 3. The van der Waals surface area contributed by atoms with E-state index in [2.05, 4.69) is 15.1 Å². The third kappa shape index (κ3) is 1.73. The average molecular weight is 256 g/mol. The molecule has 2 aromatic heterocycles. The van der Waals surface area contributed by atoms with Crippen molar-refractivity contribution in [3.05, 3.63) is 40.8 Å². The standard InChI is InChI=1S/C13H12N4S/c1-8-7-10(12-15-13(18)17(2)16-12)9-5-3-4-6-11(9)14-8/h3-7H,1-2H3,(H,15,16,18). The highest BCUT2D eigenvalue weighted by Crippen LogP contribution is 2.25. The van der Waals surface area contributed by atoms with E-state index in [-0.39, 0.29) is 0 Å². The maximum absolute atomic E-state index is 5.13. The Bertz CT molecular complexity index is 785. The lowest BCUT2D eigenvalue weighted by atomic mass is 10.1. The topological polar surface area (TPSA) is 46.5 Å². The number of pyridine rings is 1. The molecule has 0 fully saturated rings. The van der Waals surface area contributed by atoms with Gasteiger partial charge in [-0.05, 0) is 31.3 Å². The number of hydrogen-bond donors (Lipinski definition) is 1. The van der Waals surface area contributed by atoms with Gasteiger partial charge in [-0.2, -0.15) is 4.98 Å². The third-order valence-electron chi connectivity index (χ3n) is 2.87. The molecule has 90 valence electrons. The minimum absolute atomic E-state index is 0.545. The van der Waals surface area contributed by atoms with Crippen molar-refractivity contribution in [2.75, 3.05) is 0 Å². The van der Waals surface area contributed by atoms with Gasteiger partial charge in [-0.15, -0.1) is 0 Å². The number of aromatic nitrogens is 4. The number of para-hydroxylation sites is 1. The van der Waals surface area contributed by atoms with Crippen LogP contribution in [0.2, 0.25) is 0 Å². The molecule has 0 spiro atoms. The normalized spacial score (nSPS) is 11.0. The van der Waals surface area contributed by atoms with Crippen molar-refractivity contribution in [2.24, 2.45) is 7.05 Å². The van der Waals surface area contributed by atoms with E-state index >= 15 is 0 Å². The van der Waals surface area contributed by atoms with Crippen LogP contribution in [0.5, 0.6) is 0 Å². The van der Waals surface area contributed by atoms with Gasteiger partial charge in [0.15, 0.2) is 5.82 Å². The van der Waals surface area contributed by atoms with Gasteiger partial charge in [0.25, 0.3) is 0 Å². The lowest BCUT2D eigenvalue weighted by Gasteiger charge is -2.04. The number of aryl methyl sites for hydroxylation is 2. The zero-order valence-electron chi connectivity index (χ0n) is 10.1. The van der Waals surface area contributed by atoms with E-state index in [9.17, 15) is 0 Å². The first-order chi connectivity index (χ1) is 8.65. The molecule has 0 bridgehead atoms. The largest absolute Gasteiger partial charge is 0.279 e. The van der Waals surface area contributed by atoms with Crippen molar-refractivity contribution >= 4 is 23.1 Å². The van der Waals surface area contributed by atoms with Crippen LogP contribution in [0.25, 0.3) is 22.3 Å². The van der Waals surface area contributed by atoms with Gasteiger partial charge in [0.2, 0.25) is 4.77 Å². The van der Waals surface area contributed by atoms with Crippen molar-refractivity contribution in [1.82, 2.24) is 19.7 Å². The van der Waals surface area contributed by atoms with Crippen LogP contribution < -0.4 is 0 Å². The van der Waals surface area contributed by atoms with Crippen molar-refractivity contribution < 1.29 is 0 Å². The molecule has 0 saturated heterocycles. The average Bonchev–Trinajstić information content (AvgIpc) is 2.68. The van der Waals surface area contributed by atoms with Crippen LogP contribution in [0.1, 0.15) is 5.69 Å². The summed E-state index contributed by atoms with van der Waals surface area (Å²) in [6.07, 6.45) is 0. The number of hydrogen-bond acceptors (Lipinski definition) is 3. The van der Waals surface area contributed by atoms with Crippen LogP contribution in [-0.2, 0) is 7.05 Å². The quantitative estimate of drug-likeness (QED) is 0.681. The highest BCUT2D eigenvalue weighted by atomic mass is 32.1. The number of H-pyrrole nitrogens is 1. The Kier molecular flexibility index (Phi) is 2.48. The Balaban J connectivity index is 2.37. The molecular formula is C13H12N4S. The summed E-state index contributed by atoms with van der Waals surface area (Å²) in [6, 6.07) is 10.1. The molecule has 1 N–H and O–H groups in total. The zero-order chi connectivity index (χ0) is 12.7. The summed E-state index contributed by atoms with van der Waals surface area (Å²) in [5.74, 6) is 0.782. The molecule has 0 aliphatic heterocycles. The van der Waals surface area contributed by atoms with Crippen LogP contribution in [0.4, 0.5) is 0 Å². The van der Waals surface area contributed by atoms with E-state index in [0.29, 0.717) is 4.77 Å². The minimum Gasteiger partial charge on any atom is -0.279 e. The van der Waals surface area contributed by atoms with Gasteiger partial charge in [0, 0.05) is 23.7 Å². The second-order valence-corrected chi connectivity index (χ2v) is 4.61. The maximum Gasteiger partial charge on any atom is 0.216 e. The molecular weight excluding hydrogens is 244 g/mol. The summed E-state index contributed by atoms with van der Waals surface area (Å²) in [4.78, 5) is 8.88. The number of aromatic amines is 1. The highest BCUT2D eigenvalue weighted by molar-refractivity contribution is 7.71. The predicted octanol–water partition coefficient (Wildman–Crippen LogP) is 3.00. The summed E-state index contributed by atoms with van der Waals surface area (Å²) in [7, 11) is 1.86. The summed E-state index contributed by atoms with van der Waals surface area (Å²) < 4.78 is 2.28. The third-order valence-corrected chi connectivity index (χ3v) is 3.23. The maximum atomic E-state index is 5.13. The minimum atomic E-state index is 0.545. The summed E-state index contributed by atoms with van der Waals surface area (Å²) in [5.41, 5.74) is 2.97. The van der Waals surface area contributed by atoms with Crippen LogP contribution in [0, 0.1) is 11.7 Å². The molecule has 1 aromatic carbocycles. The second kappa shape index (κ2) is 4.03. The van der Waals surface area contributed by atoms with Gasteiger partial charge in [0.05, 0.1) is 5.52 Å². The fourth-order valence-corrected chi connectivity index (χ4v) is 2.16. The summed E-state index contributed by atoms with van der Waals surface area (Å²) in [6.45, 7) is 1.98. The number of benzene rings is 1. The van der Waals surface area contributed by atoms with E-state index in [4.69, 9.17) is 12.2 Å². The Labute approximate surface area is 109 Å². The van der Waals surface area contributed by atoms with E-state index in [1.807, 2.05) is 44.3 Å². The number of fused-ring (bicyclic) bond motifs is 1. The van der Waals surface area contributed by atoms with Gasteiger partial charge in [-0.3, -0.25) is 14.8 Å². The van der Waals surface area contributed by atoms with Gasteiger partial charge >= 0.3 is 0 Å². The van der Waals surface area contributed by atoms with Crippen molar-refractivity contribution in [3.63, 3.8) is 0 Å². The molecule has 0 radical (unpaired) electrons. The smallest absolute Gasteiger partial charge is 0.216 e. The fourth-order valence-electron chi connectivity index (χ4n) is 2.03. The Hall–Kier alpha value is -2.01. The van der Waals surface area contributed by atoms with Gasteiger partial charge < -0.3 is 0 Å². The number of rotatable bonds is 1. The first-order valence-corrected chi connectivity index (χ1v) is 6.06. The first kappa shape index (κ1) is 11.1. The Morgan fingerprint density at radius 2 is 2.00 bits per heavy atom. The van der Waals surface area contributed by atoms with E-state index < -0.39 is 0 Å². The molecule has 18 heavy (non-hydrogen) atoms. The van der Waals surface area contributed by atoms with E-state index in [0.717, 1.165) is 28.0 Å². The Morgan fingerprint density at radius 1 is 1.22 bits per heavy atom. The summed E-state index contributed by atoms with van der Waals surface area (Å²) >= 11 is 5.13. The van der Waals surface area contributed by atoms with E-state index in [1.54, 1.807) is 4.68 Å². The van der Waals surface area contributed by atoms with Gasteiger partial charge in [-0.1, -0.05) is 18.2 Å². The predicted molar refractivity (Wildman–Crippen MR) is 73.9 cm³/mol.